The number of aliphatic imine (C=N–C) groups is 1. The molecule has 0 amide bonds. The lowest BCUT2D eigenvalue weighted by atomic mass is 9.55. The Morgan fingerprint density at radius 2 is 1.86 bits per heavy atom. The fraction of sp³-hybridized carbons (Fsp3) is 0.947. The van der Waals surface area contributed by atoms with Crippen LogP contribution in [0.5, 0.6) is 0 Å². The molecule has 2 fully saturated rings. The molecule has 166 valence electrons. The maximum atomic E-state index is 11.5. The van der Waals surface area contributed by atoms with E-state index < -0.39 is 15.6 Å². The van der Waals surface area contributed by atoms with Gasteiger partial charge in [-0.3, -0.25) is 4.99 Å². The molecule has 2 aliphatic rings. The van der Waals surface area contributed by atoms with Crippen LogP contribution < -0.4 is 15.4 Å². The average Bonchev–Trinajstić information content (AvgIpc) is 2.57. The van der Waals surface area contributed by atoms with Crippen LogP contribution in [0.4, 0.5) is 0 Å². The quantitative estimate of drug-likeness (QED) is 0.255. The van der Waals surface area contributed by atoms with Gasteiger partial charge in [0.2, 0.25) is 10.0 Å². The van der Waals surface area contributed by atoms with Gasteiger partial charge in [0.05, 0.1) is 18.9 Å². The Balaban J connectivity index is 0.00000392. The van der Waals surface area contributed by atoms with Gasteiger partial charge in [-0.1, -0.05) is 19.3 Å². The molecule has 2 rings (SSSR count). The second-order valence-corrected chi connectivity index (χ2v) is 10.4. The highest BCUT2D eigenvalue weighted by Gasteiger charge is 2.55. The summed E-state index contributed by atoms with van der Waals surface area (Å²) < 4.78 is 31.8. The number of sulfonamides is 1. The fourth-order valence-corrected chi connectivity index (χ4v) is 5.63. The van der Waals surface area contributed by atoms with Crippen LogP contribution >= 0.6 is 24.0 Å². The number of halogens is 1. The van der Waals surface area contributed by atoms with Crippen LogP contribution in [0.3, 0.4) is 0 Å². The second-order valence-electron chi connectivity index (χ2n) is 8.62. The molecule has 9 heteroatoms. The zero-order chi connectivity index (χ0) is 20.1. The SMILES string of the molecule is CCNC(=NCC(C)(C)NS(C)(=O)=O)NC1CC(OCC)C12CCCCC2.I. The van der Waals surface area contributed by atoms with Gasteiger partial charge < -0.3 is 15.4 Å². The Bertz CT molecular complexity index is 619. The molecule has 0 saturated heterocycles. The van der Waals surface area contributed by atoms with Crippen LogP contribution in [0.2, 0.25) is 0 Å². The Kier molecular flexibility index (Phi) is 9.96. The molecule has 2 saturated carbocycles. The highest BCUT2D eigenvalue weighted by Crippen LogP contribution is 2.53. The van der Waals surface area contributed by atoms with Crippen LogP contribution in [0.15, 0.2) is 4.99 Å². The summed E-state index contributed by atoms with van der Waals surface area (Å²) in [5.74, 6) is 0.755. The van der Waals surface area contributed by atoms with E-state index in [1.807, 2.05) is 20.8 Å². The summed E-state index contributed by atoms with van der Waals surface area (Å²) in [5.41, 5.74) is -0.420. The van der Waals surface area contributed by atoms with Gasteiger partial charge in [-0.15, -0.1) is 24.0 Å². The lowest BCUT2D eigenvalue weighted by Gasteiger charge is -2.58. The zero-order valence-corrected chi connectivity index (χ0v) is 21.2. The van der Waals surface area contributed by atoms with Crippen molar-refractivity contribution in [1.82, 2.24) is 15.4 Å². The summed E-state index contributed by atoms with van der Waals surface area (Å²) in [6, 6.07) is 0.359. The molecule has 1 spiro atoms. The van der Waals surface area contributed by atoms with Gasteiger partial charge in [0.25, 0.3) is 0 Å². The molecule has 0 bridgehead atoms. The van der Waals surface area contributed by atoms with Gasteiger partial charge in [0.1, 0.15) is 0 Å². The van der Waals surface area contributed by atoms with Gasteiger partial charge in [-0.05, 0) is 47.0 Å². The maximum Gasteiger partial charge on any atom is 0.209 e. The first-order chi connectivity index (χ1) is 12.6. The average molecular weight is 531 g/mol. The minimum absolute atomic E-state index is 0. The van der Waals surface area contributed by atoms with Gasteiger partial charge >= 0.3 is 0 Å². The summed E-state index contributed by atoms with van der Waals surface area (Å²) in [6.45, 7) is 9.69. The summed E-state index contributed by atoms with van der Waals surface area (Å²) >= 11 is 0. The van der Waals surface area contributed by atoms with Crippen molar-refractivity contribution in [1.29, 1.82) is 0 Å². The predicted octanol–water partition coefficient (Wildman–Crippen LogP) is 2.62. The molecule has 2 atom stereocenters. The van der Waals surface area contributed by atoms with Gasteiger partial charge in [-0.2, -0.15) is 0 Å². The molecule has 28 heavy (non-hydrogen) atoms. The van der Waals surface area contributed by atoms with Crippen LogP contribution in [0.1, 0.15) is 66.2 Å². The van der Waals surface area contributed by atoms with Crippen molar-refractivity contribution in [3.63, 3.8) is 0 Å². The molecule has 0 aromatic rings. The summed E-state index contributed by atoms with van der Waals surface area (Å²) in [6.07, 6.45) is 8.77. The molecule has 0 radical (unpaired) electrons. The Morgan fingerprint density at radius 1 is 1.21 bits per heavy atom. The minimum atomic E-state index is -3.27. The third-order valence-corrected chi connectivity index (χ3v) is 6.61. The maximum absolute atomic E-state index is 11.5. The number of hydrogen-bond donors (Lipinski definition) is 3. The molecule has 7 nitrogen and oxygen atoms in total. The standard InChI is InChI=1S/C19H38N4O3S.HI/c1-6-20-17(21-14-18(3,4)23-27(5,24)25)22-15-13-16(26-7-2)19(15)11-9-8-10-12-19;/h15-16,23H,6-14H2,1-5H3,(H2,20,21,22);1H. The van der Waals surface area contributed by atoms with Gasteiger partial charge in [0, 0.05) is 30.1 Å². The van der Waals surface area contributed by atoms with E-state index in [0.717, 1.165) is 25.5 Å². The first-order valence-corrected chi connectivity index (χ1v) is 12.2. The van der Waals surface area contributed by atoms with Crippen molar-refractivity contribution in [2.45, 2.75) is 83.9 Å². The minimum Gasteiger partial charge on any atom is -0.378 e. The molecule has 2 aliphatic carbocycles. The van der Waals surface area contributed by atoms with Crippen molar-refractivity contribution < 1.29 is 13.2 Å². The topological polar surface area (TPSA) is 91.8 Å². The molecule has 0 heterocycles. The van der Waals surface area contributed by atoms with Gasteiger partial charge in [-0.25, -0.2) is 13.1 Å². The van der Waals surface area contributed by atoms with Crippen LogP contribution in [-0.2, 0) is 14.8 Å². The lowest BCUT2D eigenvalue weighted by molar-refractivity contribution is -0.145. The largest absolute Gasteiger partial charge is 0.378 e. The molecule has 0 aliphatic heterocycles. The highest BCUT2D eigenvalue weighted by molar-refractivity contribution is 14.0. The third kappa shape index (κ3) is 6.98. The summed E-state index contributed by atoms with van der Waals surface area (Å²) in [5, 5.41) is 6.93. The third-order valence-electron chi connectivity index (χ3n) is 5.69. The van der Waals surface area contributed by atoms with E-state index in [0.29, 0.717) is 18.7 Å². The van der Waals surface area contributed by atoms with E-state index in [4.69, 9.17) is 4.74 Å². The van der Waals surface area contributed by atoms with E-state index in [-0.39, 0.29) is 29.4 Å². The Labute approximate surface area is 188 Å². The number of ether oxygens (including phenoxy) is 1. The van der Waals surface area contributed by atoms with E-state index >= 15 is 0 Å². The van der Waals surface area contributed by atoms with Crippen molar-refractivity contribution >= 4 is 40.0 Å². The number of nitrogens with zero attached hydrogens (tertiary/aromatic N) is 1. The normalized spacial score (nSPS) is 25.0. The summed E-state index contributed by atoms with van der Waals surface area (Å²) in [7, 11) is -3.27. The fourth-order valence-electron chi connectivity index (χ4n) is 4.56. The summed E-state index contributed by atoms with van der Waals surface area (Å²) in [4.78, 5) is 4.67. The monoisotopic (exact) mass is 530 g/mol. The molecule has 2 unspecified atom stereocenters. The number of rotatable bonds is 8. The van der Waals surface area contributed by atoms with Gasteiger partial charge in [0.15, 0.2) is 5.96 Å². The Hall–Kier alpha value is -0.130. The van der Waals surface area contributed by atoms with Crippen molar-refractivity contribution in [2.75, 3.05) is 26.0 Å². The molecule has 3 N–H and O–H groups in total. The molecular formula is C19H39IN4O3S. The molecule has 0 aromatic carbocycles. The number of guanidine groups is 1. The van der Waals surface area contributed by atoms with Crippen LogP contribution in [0, 0.1) is 5.41 Å². The van der Waals surface area contributed by atoms with Crippen LogP contribution in [-0.4, -0.2) is 58.0 Å². The highest BCUT2D eigenvalue weighted by atomic mass is 127. The predicted molar refractivity (Wildman–Crippen MR) is 126 cm³/mol. The van der Waals surface area contributed by atoms with E-state index in [2.05, 4.69) is 27.3 Å². The van der Waals surface area contributed by atoms with Crippen molar-refractivity contribution in [3.8, 4) is 0 Å². The van der Waals surface area contributed by atoms with E-state index in [1.54, 1.807) is 0 Å². The first-order valence-electron chi connectivity index (χ1n) is 10.3. The van der Waals surface area contributed by atoms with Crippen molar-refractivity contribution in [3.05, 3.63) is 0 Å². The van der Waals surface area contributed by atoms with Crippen molar-refractivity contribution in [2.24, 2.45) is 10.4 Å². The molecule has 0 aromatic heterocycles. The molecular weight excluding hydrogens is 491 g/mol. The Morgan fingerprint density at radius 3 is 2.39 bits per heavy atom. The first kappa shape index (κ1) is 25.9. The zero-order valence-electron chi connectivity index (χ0n) is 18.0. The van der Waals surface area contributed by atoms with Crippen LogP contribution in [0.25, 0.3) is 0 Å². The van der Waals surface area contributed by atoms with E-state index in [9.17, 15) is 8.42 Å². The number of hydrogen-bond acceptors (Lipinski definition) is 4. The smallest absolute Gasteiger partial charge is 0.209 e. The second kappa shape index (κ2) is 10.8. The van der Waals surface area contributed by atoms with E-state index in [1.165, 1.54) is 38.4 Å². The lowest BCUT2D eigenvalue weighted by Crippen LogP contribution is -2.66. The number of nitrogens with one attached hydrogen (secondary N) is 3.